The number of nitrogens with zero attached hydrogens (tertiary/aromatic N) is 6. The van der Waals surface area contributed by atoms with Crippen molar-refractivity contribution >= 4 is 27.9 Å². The molecule has 98 valence electrons. The van der Waals surface area contributed by atoms with Crippen LogP contribution in [0, 0.1) is 0 Å². The van der Waals surface area contributed by atoms with Gasteiger partial charge in [-0.15, -0.1) is 0 Å². The maximum absolute atomic E-state index is 9.96. The molecule has 0 aromatic carbocycles. The molecule has 0 aliphatic rings. The Bertz CT molecular complexity index is 299. The van der Waals surface area contributed by atoms with Gasteiger partial charge in [0.25, 0.3) is 0 Å². The van der Waals surface area contributed by atoms with Crippen LogP contribution in [0.1, 0.15) is 1.37 Å². The second-order valence-electron chi connectivity index (χ2n) is 1.40. The van der Waals surface area contributed by atoms with E-state index in [0.29, 0.717) is 0 Å². The zero-order valence-corrected chi connectivity index (χ0v) is 12.9. The number of hydrogen-bond donors (Lipinski definition) is 2. The Labute approximate surface area is 133 Å². The van der Waals surface area contributed by atoms with E-state index < -0.39 is 25.6 Å². The van der Waals surface area contributed by atoms with E-state index in [1.807, 2.05) is 0 Å². The van der Waals surface area contributed by atoms with Crippen molar-refractivity contribution in [2.24, 2.45) is 5.11 Å². The minimum absolute atomic E-state index is 0. The number of halogens is 2. The van der Waals surface area contributed by atoms with Crippen LogP contribution in [-0.2, 0) is 9.59 Å². The molecule has 0 spiro atoms. The van der Waals surface area contributed by atoms with Crippen molar-refractivity contribution in [2.75, 3.05) is 19.0 Å². The number of hydrogen-bond acceptors (Lipinski definition) is 3. The molecule has 0 aliphatic heterocycles. The molecular formula is C5H9BrFN6NaO4. The summed E-state index contributed by atoms with van der Waals surface area (Å²) in [6.45, 7) is -0.476. The van der Waals surface area contributed by atoms with Gasteiger partial charge in [-0.2, -0.15) is 0 Å². The van der Waals surface area contributed by atoms with Crippen LogP contribution in [0.4, 0.5) is 4.39 Å². The Morgan fingerprint density at radius 1 is 1.39 bits per heavy atom. The van der Waals surface area contributed by atoms with Gasteiger partial charge in [-0.1, -0.05) is 21.0 Å². The van der Waals surface area contributed by atoms with Crippen LogP contribution in [0.5, 0.6) is 0 Å². The first kappa shape index (κ1) is 25.7. The molecule has 0 saturated carbocycles. The summed E-state index contributed by atoms with van der Waals surface area (Å²) in [4.78, 5) is 22.5. The van der Waals surface area contributed by atoms with Gasteiger partial charge in [-0.3, -0.25) is 18.9 Å². The van der Waals surface area contributed by atoms with E-state index in [1.54, 1.807) is 0 Å². The largest absolute Gasteiger partial charge is 1.00 e. The van der Waals surface area contributed by atoms with Crippen LogP contribution in [-0.4, -0.2) is 41.2 Å². The van der Waals surface area contributed by atoms with E-state index in [9.17, 15) is 14.0 Å². The standard InChI is InChI=1S/C2H3BrO2.C2H3N3O2.CH3F.N3.Na/c3-1-2(4)5;3-5-4-1-2(6)7;1-2;1-3-2;/h1H2,(H,4,5);1H2,(H,6,7);1H3;;/q;;;-1;+1/i;;1D;;. The summed E-state index contributed by atoms with van der Waals surface area (Å²) >= 11 is 2.71. The van der Waals surface area contributed by atoms with E-state index in [0.717, 1.165) is 0 Å². The van der Waals surface area contributed by atoms with Gasteiger partial charge >= 0.3 is 41.5 Å². The van der Waals surface area contributed by atoms with Gasteiger partial charge in [0.15, 0.2) is 0 Å². The van der Waals surface area contributed by atoms with Crippen LogP contribution >= 0.6 is 15.9 Å². The Balaban J connectivity index is -0.0000000483. The molecule has 0 atom stereocenters. The van der Waals surface area contributed by atoms with Crippen molar-refractivity contribution < 1.29 is 55.1 Å². The molecule has 2 N–H and O–H groups in total. The van der Waals surface area contributed by atoms with Gasteiger partial charge in [0.2, 0.25) is 0 Å². The molecular weight excluding hydrogens is 330 g/mol. The van der Waals surface area contributed by atoms with E-state index in [4.69, 9.17) is 28.2 Å². The first-order valence-electron chi connectivity index (χ1n) is 3.92. The first-order valence-corrected chi connectivity index (χ1v) is 4.33. The zero-order valence-electron chi connectivity index (χ0n) is 10.3. The van der Waals surface area contributed by atoms with E-state index in [2.05, 4.69) is 26.0 Å². The number of carbonyl (C=O) groups is 2. The molecule has 0 fully saturated rings. The molecule has 0 aromatic rings. The van der Waals surface area contributed by atoms with E-state index >= 15 is 0 Å². The molecule has 0 aliphatic carbocycles. The van der Waals surface area contributed by atoms with Crippen LogP contribution < -0.4 is 29.6 Å². The van der Waals surface area contributed by atoms with Crippen LogP contribution in [0.3, 0.4) is 0 Å². The minimum atomic E-state index is -1.11. The Morgan fingerprint density at radius 2 is 1.67 bits per heavy atom. The number of carboxylic acid groups (broad SMARTS) is 2. The summed E-state index contributed by atoms with van der Waals surface area (Å²) in [7, 11) is -1.00. The zero-order chi connectivity index (χ0) is 15.4. The summed E-state index contributed by atoms with van der Waals surface area (Å²) < 4.78 is 15.5. The second kappa shape index (κ2) is 36.0. The average molecular weight is 340 g/mol. The fraction of sp³-hybridized carbons (Fsp3) is 0.600. The predicted octanol–water partition coefficient (Wildman–Crippen LogP) is -0.697. The minimum Gasteiger partial charge on any atom is -0.481 e. The third kappa shape index (κ3) is 118. The van der Waals surface area contributed by atoms with Crippen molar-refractivity contribution in [3.05, 3.63) is 26.4 Å². The van der Waals surface area contributed by atoms with E-state index in [1.165, 1.54) is 4.91 Å². The van der Waals surface area contributed by atoms with Crippen LogP contribution in [0.25, 0.3) is 26.4 Å². The number of rotatable bonds is 3. The van der Waals surface area contributed by atoms with Gasteiger partial charge < -0.3 is 21.3 Å². The summed E-state index contributed by atoms with van der Waals surface area (Å²) in [6, 6.07) is 0. The van der Waals surface area contributed by atoms with Crippen LogP contribution in [0.2, 0.25) is 0 Å². The summed E-state index contributed by atoms with van der Waals surface area (Å²) in [5.41, 5.74) is 21.0. The quantitative estimate of drug-likeness (QED) is 0.227. The molecule has 0 radical (unpaired) electrons. The van der Waals surface area contributed by atoms with Crippen molar-refractivity contribution in [1.82, 2.24) is 0 Å². The summed E-state index contributed by atoms with van der Waals surface area (Å²) in [5, 5.41) is 18.2. The molecule has 0 heterocycles. The maximum atomic E-state index is 9.96. The van der Waals surface area contributed by atoms with Gasteiger partial charge in [0.05, 0.1) is 8.52 Å². The number of azide groups is 1. The molecule has 0 bridgehead atoms. The Morgan fingerprint density at radius 3 is 1.72 bits per heavy atom. The monoisotopic (exact) mass is 339 g/mol. The molecule has 0 saturated heterocycles. The number of alkyl halides is 2. The third-order valence-electron chi connectivity index (χ3n) is 0.384. The van der Waals surface area contributed by atoms with Crippen molar-refractivity contribution in [2.45, 2.75) is 0 Å². The normalized spacial score (nSPS) is 6.22. The first-order chi connectivity index (χ1) is 8.37. The fourth-order valence-corrected chi connectivity index (χ4v) is 0.0921. The molecule has 0 unspecified atom stereocenters. The smallest absolute Gasteiger partial charge is 0.481 e. The summed E-state index contributed by atoms with van der Waals surface area (Å²) in [6.07, 6.45) is 0. The molecule has 13 heteroatoms. The van der Waals surface area contributed by atoms with Crippen molar-refractivity contribution in [3.8, 4) is 0 Å². The second-order valence-corrected chi connectivity index (χ2v) is 1.96. The Hall–Kier alpha value is -1.03. The number of aliphatic carboxylic acids is 2. The molecule has 10 nitrogen and oxygen atoms in total. The molecule has 0 amide bonds. The van der Waals surface area contributed by atoms with Gasteiger partial charge in [-0.25, -0.2) is 0 Å². The van der Waals surface area contributed by atoms with Crippen LogP contribution in [0.15, 0.2) is 5.11 Å². The predicted molar refractivity (Wildman–Crippen MR) is 60.2 cm³/mol. The van der Waals surface area contributed by atoms with E-state index in [-0.39, 0.29) is 34.9 Å². The fourth-order valence-electron chi connectivity index (χ4n) is 0.0921. The molecule has 0 rings (SSSR count). The molecule has 0 aromatic heterocycles. The van der Waals surface area contributed by atoms with Gasteiger partial charge in [-0.05, 0) is 5.53 Å². The van der Waals surface area contributed by atoms with Gasteiger partial charge in [0.1, 0.15) is 11.9 Å². The topological polar surface area (TPSA) is 182 Å². The Kier molecular flexibility index (Phi) is 51.5. The van der Waals surface area contributed by atoms with Crippen molar-refractivity contribution in [1.29, 1.82) is 0 Å². The maximum Gasteiger partial charge on any atom is 1.00 e. The van der Waals surface area contributed by atoms with Crippen molar-refractivity contribution in [3.63, 3.8) is 0 Å². The third-order valence-corrected chi connectivity index (χ3v) is 0.863. The summed E-state index contributed by atoms with van der Waals surface area (Å²) in [5.74, 6) is -1.94. The SMILES string of the molecule is O=C(O)CBr.[2H]CF.[N-]=[N+]=NCC(=O)O.[N-]=[N+]=[N-].[Na+]. The molecule has 18 heavy (non-hydrogen) atoms. The average Bonchev–Trinajstić information content (AvgIpc) is 2.29. The number of carboxylic acids is 2. The van der Waals surface area contributed by atoms with Gasteiger partial charge in [0, 0.05) is 4.91 Å².